The maximum absolute atomic E-state index is 5.77. The third-order valence-electron chi connectivity index (χ3n) is 1.16. The molecule has 0 aromatic carbocycles. The van der Waals surface area contributed by atoms with Crippen molar-refractivity contribution >= 4 is 17.4 Å². The molecular formula is C7H17N3S. The fourth-order valence-electron chi connectivity index (χ4n) is 0.642. The molecule has 0 spiro atoms. The van der Waals surface area contributed by atoms with Gasteiger partial charge in [0.25, 0.3) is 0 Å². The number of isothiocyanates is 1. The highest BCUT2D eigenvalue weighted by molar-refractivity contribution is 7.78. The van der Waals surface area contributed by atoms with Crippen LogP contribution in [0.4, 0.5) is 0 Å². The molecule has 0 unspecified atom stereocenters. The topological polar surface area (TPSA) is 75.9 Å². The van der Waals surface area contributed by atoms with Gasteiger partial charge in [0.2, 0.25) is 0 Å². The molecule has 0 rings (SSSR count). The SMILES string of the molecule is N=C=S.NCCCCCCN. The highest BCUT2D eigenvalue weighted by Crippen LogP contribution is 1.95. The predicted octanol–water partition coefficient (Wildman–Crippen LogP) is 1.13. The number of rotatable bonds is 5. The van der Waals surface area contributed by atoms with Crippen LogP contribution in [-0.4, -0.2) is 18.3 Å². The average Bonchev–Trinajstić information content (AvgIpc) is 2.00. The van der Waals surface area contributed by atoms with Gasteiger partial charge in [-0.05, 0) is 38.1 Å². The van der Waals surface area contributed by atoms with Crippen LogP contribution in [0.1, 0.15) is 25.7 Å². The maximum Gasteiger partial charge on any atom is 0.0554 e. The lowest BCUT2D eigenvalue weighted by Gasteiger charge is -1.94. The summed E-state index contributed by atoms with van der Waals surface area (Å²) in [6, 6.07) is 0. The van der Waals surface area contributed by atoms with Crippen LogP contribution in [-0.2, 0) is 0 Å². The van der Waals surface area contributed by atoms with E-state index in [9.17, 15) is 0 Å². The average molecular weight is 175 g/mol. The molecule has 3 nitrogen and oxygen atoms in total. The Balaban J connectivity index is 0. The lowest BCUT2D eigenvalue weighted by Crippen LogP contribution is -2.00. The van der Waals surface area contributed by atoms with Gasteiger partial charge in [0.1, 0.15) is 0 Å². The van der Waals surface area contributed by atoms with Crippen LogP contribution < -0.4 is 11.5 Å². The van der Waals surface area contributed by atoms with Gasteiger partial charge in [-0.1, -0.05) is 12.8 Å². The highest BCUT2D eigenvalue weighted by Gasteiger charge is 1.83. The first kappa shape index (κ1) is 13.3. The summed E-state index contributed by atoms with van der Waals surface area (Å²) in [6.45, 7) is 1.65. The Labute approximate surface area is 73.7 Å². The largest absolute Gasteiger partial charge is 0.330 e. The van der Waals surface area contributed by atoms with Crippen LogP contribution in [0.15, 0.2) is 0 Å². The molecule has 0 saturated carbocycles. The zero-order valence-electron chi connectivity index (χ0n) is 6.81. The molecule has 11 heavy (non-hydrogen) atoms. The number of hydrogen-bond acceptors (Lipinski definition) is 4. The summed E-state index contributed by atoms with van der Waals surface area (Å²) < 4.78 is 0. The first-order valence-corrected chi connectivity index (χ1v) is 4.18. The Morgan fingerprint density at radius 3 is 1.45 bits per heavy atom. The zero-order valence-corrected chi connectivity index (χ0v) is 7.62. The highest BCUT2D eigenvalue weighted by atomic mass is 32.1. The van der Waals surface area contributed by atoms with Gasteiger partial charge >= 0.3 is 0 Å². The Bertz CT molecular complexity index is 83.7. The molecule has 66 valence electrons. The second kappa shape index (κ2) is 16.4. The molecule has 0 atom stereocenters. The number of nitrogens with one attached hydrogen (secondary N) is 1. The molecule has 4 heteroatoms. The van der Waals surface area contributed by atoms with E-state index in [0.29, 0.717) is 0 Å². The molecule has 0 aromatic heterocycles. The van der Waals surface area contributed by atoms with Crippen LogP contribution in [0.5, 0.6) is 0 Å². The standard InChI is InChI=1S/C6H16N2.CHNS/c7-5-3-1-2-4-6-8;2-1-3/h1-8H2;2H. The van der Waals surface area contributed by atoms with Crippen LogP contribution in [0.3, 0.4) is 0 Å². The molecule has 0 aliphatic heterocycles. The van der Waals surface area contributed by atoms with Crippen LogP contribution in [0.2, 0.25) is 0 Å². The summed E-state index contributed by atoms with van der Waals surface area (Å²) in [5.74, 6) is 0. The summed E-state index contributed by atoms with van der Waals surface area (Å²) in [6.07, 6.45) is 4.79. The molecule has 5 N–H and O–H groups in total. The van der Waals surface area contributed by atoms with E-state index in [1.165, 1.54) is 12.8 Å². The van der Waals surface area contributed by atoms with Gasteiger partial charge in [-0.25, -0.2) is 5.41 Å². The molecular weight excluding hydrogens is 158 g/mol. The molecule has 0 amide bonds. The molecule has 0 aliphatic carbocycles. The second-order valence-corrected chi connectivity index (χ2v) is 2.30. The first-order valence-electron chi connectivity index (χ1n) is 3.77. The van der Waals surface area contributed by atoms with Crippen molar-refractivity contribution in [1.29, 1.82) is 5.41 Å². The second-order valence-electron chi connectivity index (χ2n) is 2.09. The van der Waals surface area contributed by atoms with Crippen molar-refractivity contribution in [2.75, 3.05) is 13.1 Å². The van der Waals surface area contributed by atoms with Crippen molar-refractivity contribution in [3.63, 3.8) is 0 Å². The Morgan fingerprint density at radius 2 is 1.27 bits per heavy atom. The predicted molar refractivity (Wildman–Crippen MR) is 51.9 cm³/mol. The molecule has 0 aromatic rings. The summed E-state index contributed by atoms with van der Waals surface area (Å²) in [4.78, 5) is 0. The molecule has 0 saturated heterocycles. The molecule has 0 heterocycles. The van der Waals surface area contributed by atoms with E-state index in [1.54, 1.807) is 5.16 Å². The third-order valence-corrected chi connectivity index (χ3v) is 1.16. The van der Waals surface area contributed by atoms with Gasteiger partial charge in [-0.2, -0.15) is 0 Å². The lowest BCUT2D eigenvalue weighted by molar-refractivity contribution is 0.653. The quantitative estimate of drug-likeness (QED) is 0.333. The van der Waals surface area contributed by atoms with Crippen molar-refractivity contribution in [3.05, 3.63) is 0 Å². The Kier molecular flexibility index (Phi) is 19.8. The number of nitrogens with two attached hydrogens (primary N) is 2. The maximum atomic E-state index is 5.77. The van der Waals surface area contributed by atoms with Crippen LogP contribution >= 0.6 is 12.2 Å². The minimum absolute atomic E-state index is 0.824. The normalized spacial score (nSPS) is 7.82. The van der Waals surface area contributed by atoms with Crippen LogP contribution in [0, 0.1) is 5.41 Å². The van der Waals surface area contributed by atoms with Gasteiger partial charge in [0.05, 0.1) is 5.16 Å². The summed E-state index contributed by atoms with van der Waals surface area (Å²) in [7, 11) is 0. The van der Waals surface area contributed by atoms with Gasteiger partial charge < -0.3 is 11.5 Å². The fraction of sp³-hybridized carbons (Fsp3) is 0.857. The van der Waals surface area contributed by atoms with Crippen molar-refractivity contribution in [2.24, 2.45) is 11.5 Å². The van der Waals surface area contributed by atoms with E-state index >= 15 is 0 Å². The van der Waals surface area contributed by atoms with E-state index in [1.807, 2.05) is 0 Å². The van der Waals surface area contributed by atoms with Gasteiger partial charge in [0.15, 0.2) is 0 Å². The molecule has 0 radical (unpaired) electrons. The third kappa shape index (κ3) is 26.0. The zero-order chi connectivity index (χ0) is 8.95. The molecule has 0 aliphatic rings. The Morgan fingerprint density at radius 1 is 1.00 bits per heavy atom. The lowest BCUT2D eigenvalue weighted by atomic mass is 10.2. The van der Waals surface area contributed by atoms with E-state index in [0.717, 1.165) is 25.9 Å². The van der Waals surface area contributed by atoms with E-state index in [4.69, 9.17) is 16.9 Å². The monoisotopic (exact) mass is 175 g/mol. The van der Waals surface area contributed by atoms with Gasteiger partial charge in [-0.3, -0.25) is 0 Å². The minimum Gasteiger partial charge on any atom is -0.330 e. The summed E-state index contributed by atoms with van der Waals surface area (Å²) >= 11 is 3.81. The minimum atomic E-state index is 0.824. The van der Waals surface area contributed by atoms with E-state index in [-0.39, 0.29) is 0 Å². The first-order chi connectivity index (χ1) is 5.33. The smallest absolute Gasteiger partial charge is 0.0554 e. The summed E-state index contributed by atoms with van der Waals surface area (Å²) in [5.41, 5.74) is 10.6. The Hall–Kier alpha value is -0.280. The van der Waals surface area contributed by atoms with E-state index < -0.39 is 0 Å². The molecule has 0 fully saturated rings. The fourth-order valence-corrected chi connectivity index (χ4v) is 0.642. The van der Waals surface area contributed by atoms with Gasteiger partial charge in [-0.15, -0.1) is 0 Å². The van der Waals surface area contributed by atoms with Crippen molar-refractivity contribution in [3.8, 4) is 0 Å². The van der Waals surface area contributed by atoms with E-state index in [2.05, 4.69) is 12.2 Å². The van der Waals surface area contributed by atoms with Crippen LogP contribution in [0.25, 0.3) is 0 Å². The number of thiocarbonyl (C=S) groups is 1. The molecule has 0 bridgehead atoms. The number of unbranched alkanes of at least 4 members (excludes halogenated alkanes) is 3. The number of hydrogen-bond donors (Lipinski definition) is 3. The summed E-state index contributed by atoms with van der Waals surface area (Å²) in [5, 5.41) is 7.36. The van der Waals surface area contributed by atoms with Crippen molar-refractivity contribution in [1.82, 2.24) is 0 Å². The van der Waals surface area contributed by atoms with Crippen molar-refractivity contribution < 1.29 is 0 Å². The van der Waals surface area contributed by atoms with Crippen molar-refractivity contribution in [2.45, 2.75) is 25.7 Å². The van der Waals surface area contributed by atoms with Gasteiger partial charge in [0, 0.05) is 0 Å².